The second-order valence-corrected chi connectivity index (χ2v) is 11.7. The maximum atomic E-state index is 2.33. The Morgan fingerprint density at radius 2 is 0.652 bits per heavy atom. The Morgan fingerprint density at radius 3 is 1.02 bits per heavy atom. The fraction of sp³-hybridized carbons (Fsp3) is 0.0455. The SMILES string of the molecule is Cc1cccc(N(C)c2ccc(-c3ccc(N(c4ccc(-c5ccccc5)cc4)c4ccc(-c5ccccc5)cc4)cc3)cc2)c1. The third-order valence-corrected chi connectivity index (χ3v) is 8.57. The first-order valence-electron chi connectivity index (χ1n) is 15.7. The summed E-state index contributed by atoms with van der Waals surface area (Å²) in [4.78, 5) is 4.55. The van der Waals surface area contributed by atoms with Gasteiger partial charge in [0.05, 0.1) is 0 Å². The molecule has 0 aliphatic rings. The minimum Gasteiger partial charge on any atom is -0.345 e. The van der Waals surface area contributed by atoms with Crippen molar-refractivity contribution in [3.8, 4) is 33.4 Å². The van der Waals surface area contributed by atoms with Crippen molar-refractivity contribution in [3.05, 3.63) is 188 Å². The summed E-state index contributed by atoms with van der Waals surface area (Å²) in [5, 5.41) is 0. The molecule has 0 N–H and O–H groups in total. The summed E-state index contributed by atoms with van der Waals surface area (Å²) in [6, 6.07) is 65.0. The lowest BCUT2D eigenvalue weighted by Gasteiger charge is -2.26. The van der Waals surface area contributed by atoms with Crippen LogP contribution in [0, 0.1) is 6.92 Å². The third kappa shape index (κ3) is 6.20. The quantitative estimate of drug-likeness (QED) is 0.173. The van der Waals surface area contributed by atoms with Gasteiger partial charge in [0.25, 0.3) is 0 Å². The van der Waals surface area contributed by atoms with Crippen LogP contribution < -0.4 is 9.80 Å². The van der Waals surface area contributed by atoms with Crippen LogP contribution in [0.25, 0.3) is 33.4 Å². The summed E-state index contributed by atoms with van der Waals surface area (Å²) < 4.78 is 0. The van der Waals surface area contributed by atoms with Crippen LogP contribution >= 0.6 is 0 Å². The summed E-state index contributed by atoms with van der Waals surface area (Å²) in [7, 11) is 2.12. The lowest BCUT2D eigenvalue weighted by molar-refractivity contribution is 1.20. The van der Waals surface area contributed by atoms with Gasteiger partial charge < -0.3 is 9.80 Å². The van der Waals surface area contributed by atoms with Crippen LogP contribution in [0.4, 0.5) is 28.4 Å². The first-order chi connectivity index (χ1) is 22.6. The van der Waals surface area contributed by atoms with E-state index in [9.17, 15) is 0 Å². The van der Waals surface area contributed by atoms with Crippen molar-refractivity contribution in [1.29, 1.82) is 0 Å². The number of hydrogen-bond donors (Lipinski definition) is 0. The van der Waals surface area contributed by atoms with Crippen molar-refractivity contribution in [2.24, 2.45) is 0 Å². The van der Waals surface area contributed by atoms with Gasteiger partial charge in [0, 0.05) is 35.5 Å². The van der Waals surface area contributed by atoms with Crippen molar-refractivity contribution in [1.82, 2.24) is 0 Å². The normalized spacial score (nSPS) is 10.8. The molecule has 0 bridgehead atoms. The van der Waals surface area contributed by atoms with Crippen LogP contribution in [0.3, 0.4) is 0 Å². The number of nitrogens with zero attached hydrogens (tertiary/aromatic N) is 2. The van der Waals surface area contributed by atoms with Gasteiger partial charge in [-0.05, 0) is 107 Å². The molecule has 0 aliphatic heterocycles. The first kappa shape index (κ1) is 28.9. The molecule has 0 amide bonds. The van der Waals surface area contributed by atoms with Crippen molar-refractivity contribution in [3.63, 3.8) is 0 Å². The van der Waals surface area contributed by atoms with Crippen molar-refractivity contribution >= 4 is 28.4 Å². The molecule has 2 nitrogen and oxygen atoms in total. The maximum absolute atomic E-state index is 2.33. The standard InChI is InChI=1S/C44H36N2/c1-33-10-9-15-44(32-33)45(2)40-24-16-38(17-25-40)39-22-30-43(31-23-39)46(41-26-18-36(19-27-41)34-11-5-3-6-12-34)42-28-20-37(21-29-42)35-13-7-4-8-14-35/h3-32H,1-2H3. The highest BCUT2D eigenvalue weighted by Gasteiger charge is 2.14. The highest BCUT2D eigenvalue weighted by atomic mass is 15.1. The Labute approximate surface area is 272 Å². The predicted octanol–water partition coefficient (Wildman–Crippen LogP) is 12.2. The molecule has 0 radical (unpaired) electrons. The minimum absolute atomic E-state index is 1.11. The van der Waals surface area contributed by atoms with E-state index in [1.165, 1.54) is 44.6 Å². The van der Waals surface area contributed by atoms with E-state index in [4.69, 9.17) is 0 Å². The van der Waals surface area contributed by atoms with Crippen LogP contribution in [0.15, 0.2) is 182 Å². The number of rotatable bonds is 8. The van der Waals surface area contributed by atoms with Crippen LogP contribution in [-0.4, -0.2) is 7.05 Å². The minimum atomic E-state index is 1.11. The molecule has 7 rings (SSSR count). The molecule has 0 fully saturated rings. The Bertz CT molecular complexity index is 1930. The van der Waals surface area contributed by atoms with Crippen molar-refractivity contribution in [2.45, 2.75) is 6.92 Å². The number of aryl methyl sites for hydroxylation is 1. The zero-order valence-corrected chi connectivity index (χ0v) is 26.2. The zero-order chi connectivity index (χ0) is 31.3. The van der Waals surface area contributed by atoms with Gasteiger partial charge in [0.2, 0.25) is 0 Å². The molecule has 7 aromatic carbocycles. The lowest BCUT2D eigenvalue weighted by atomic mass is 10.0. The molecular weight excluding hydrogens is 556 g/mol. The molecule has 2 heteroatoms. The second-order valence-electron chi connectivity index (χ2n) is 11.7. The van der Waals surface area contributed by atoms with Crippen LogP contribution in [0.2, 0.25) is 0 Å². The van der Waals surface area contributed by atoms with E-state index in [1.807, 2.05) is 0 Å². The van der Waals surface area contributed by atoms with E-state index in [1.54, 1.807) is 0 Å². The topological polar surface area (TPSA) is 6.48 Å². The fourth-order valence-corrected chi connectivity index (χ4v) is 5.98. The van der Waals surface area contributed by atoms with Gasteiger partial charge in [0.15, 0.2) is 0 Å². The maximum Gasteiger partial charge on any atom is 0.0462 e. The molecule has 0 aromatic heterocycles. The van der Waals surface area contributed by atoms with Gasteiger partial charge in [-0.25, -0.2) is 0 Å². The zero-order valence-electron chi connectivity index (χ0n) is 26.2. The molecule has 0 unspecified atom stereocenters. The molecule has 0 saturated heterocycles. The Balaban J connectivity index is 1.19. The smallest absolute Gasteiger partial charge is 0.0462 e. The largest absolute Gasteiger partial charge is 0.345 e. The van der Waals surface area contributed by atoms with Gasteiger partial charge in [0.1, 0.15) is 0 Å². The molecule has 222 valence electrons. The van der Waals surface area contributed by atoms with Crippen molar-refractivity contribution in [2.75, 3.05) is 16.8 Å². The molecular formula is C44H36N2. The molecule has 0 spiro atoms. The predicted molar refractivity (Wildman–Crippen MR) is 197 cm³/mol. The second kappa shape index (κ2) is 13.0. The van der Waals surface area contributed by atoms with Crippen LogP contribution in [0.5, 0.6) is 0 Å². The van der Waals surface area contributed by atoms with Gasteiger partial charge in [-0.1, -0.05) is 121 Å². The average molecular weight is 593 g/mol. The summed E-state index contributed by atoms with van der Waals surface area (Å²) in [6.45, 7) is 2.13. The summed E-state index contributed by atoms with van der Waals surface area (Å²) in [5.41, 5.74) is 14.2. The van der Waals surface area contributed by atoms with Gasteiger partial charge in [-0.15, -0.1) is 0 Å². The molecule has 0 heterocycles. The molecule has 7 aromatic rings. The van der Waals surface area contributed by atoms with E-state index < -0.39 is 0 Å². The average Bonchev–Trinajstić information content (AvgIpc) is 3.13. The number of hydrogen-bond acceptors (Lipinski definition) is 2. The fourth-order valence-electron chi connectivity index (χ4n) is 5.98. The van der Waals surface area contributed by atoms with Gasteiger partial charge >= 0.3 is 0 Å². The van der Waals surface area contributed by atoms with E-state index in [2.05, 4.69) is 206 Å². The first-order valence-corrected chi connectivity index (χ1v) is 15.7. The monoisotopic (exact) mass is 592 g/mol. The van der Waals surface area contributed by atoms with E-state index in [0.29, 0.717) is 0 Å². The van der Waals surface area contributed by atoms with Gasteiger partial charge in [-0.3, -0.25) is 0 Å². The molecule has 46 heavy (non-hydrogen) atoms. The molecule has 0 aliphatic carbocycles. The molecule has 0 atom stereocenters. The summed E-state index contributed by atoms with van der Waals surface area (Å²) in [5.74, 6) is 0. The summed E-state index contributed by atoms with van der Waals surface area (Å²) >= 11 is 0. The van der Waals surface area contributed by atoms with E-state index in [0.717, 1.165) is 22.7 Å². The van der Waals surface area contributed by atoms with Crippen molar-refractivity contribution < 1.29 is 0 Å². The lowest BCUT2D eigenvalue weighted by Crippen LogP contribution is -2.10. The molecule has 0 saturated carbocycles. The number of benzene rings is 7. The Morgan fingerprint density at radius 1 is 0.304 bits per heavy atom. The summed E-state index contributed by atoms with van der Waals surface area (Å²) in [6.07, 6.45) is 0. The highest BCUT2D eigenvalue weighted by molar-refractivity contribution is 5.81. The highest BCUT2D eigenvalue weighted by Crippen LogP contribution is 2.38. The van der Waals surface area contributed by atoms with Crippen LogP contribution in [0.1, 0.15) is 5.56 Å². The van der Waals surface area contributed by atoms with E-state index in [-0.39, 0.29) is 0 Å². The third-order valence-electron chi connectivity index (χ3n) is 8.57. The Hall–Kier alpha value is -5.86. The number of anilines is 5. The van der Waals surface area contributed by atoms with E-state index >= 15 is 0 Å². The van der Waals surface area contributed by atoms with Gasteiger partial charge in [-0.2, -0.15) is 0 Å². The van der Waals surface area contributed by atoms with Crippen LogP contribution in [-0.2, 0) is 0 Å². The Kier molecular flexibility index (Phi) is 8.17.